The molecule has 4 nitrogen and oxygen atoms in total. The summed E-state index contributed by atoms with van der Waals surface area (Å²) in [5.74, 6) is -0.527. The van der Waals surface area contributed by atoms with Crippen molar-refractivity contribution in [3.05, 3.63) is 0 Å². The van der Waals surface area contributed by atoms with Crippen LogP contribution in [0.2, 0.25) is 0 Å². The van der Waals surface area contributed by atoms with Crippen molar-refractivity contribution in [2.45, 2.75) is 33.0 Å². The smallest absolute Gasteiger partial charge is 0.367 e. The van der Waals surface area contributed by atoms with Crippen LogP contribution in [0.3, 0.4) is 0 Å². The molecule has 1 fully saturated rings. The second kappa shape index (κ2) is 4.81. The average Bonchev–Trinajstić information content (AvgIpc) is 2.15. The Morgan fingerprint density at radius 3 is 2.41 bits per heavy atom. The van der Waals surface area contributed by atoms with E-state index in [0.29, 0.717) is 0 Å². The van der Waals surface area contributed by atoms with Crippen molar-refractivity contribution >= 4 is 5.97 Å². The van der Waals surface area contributed by atoms with Crippen LogP contribution in [0.4, 0.5) is 13.2 Å². The van der Waals surface area contributed by atoms with Crippen LogP contribution >= 0.6 is 0 Å². The number of halogens is 3. The molecule has 1 N–H and O–H groups in total. The summed E-state index contributed by atoms with van der Waals surface area (Å²) in [6.45, 7) is 4.98. The summed E-state index contributed by atoms with van der Waals surface area (Å²) in [7, 11) is 0. The van der Waals surface area contributed by atoms with E-state index in [1.165, 1.54) is 0 Å². The van der Waals surface area contributed by atoms with Crippen LogP contribution in [0.25, 0.3) is 0 Å². The first-order valence-electron chi connectivity index (χ1n) is 5.38. The van der Waals surface area contributed by atoms with Crippen LogP contribution in [0.15, 0.2) is 0 Å². The van der Waals surface area contributed by atoms with Crippen LogP contribution in [-0.4, -0.2) is 42.9 Å². The predicted molar refractivity (Wildman–Crippen MR) is 55.0 cm³/mol. The fourth-order valence-electron chi connectivity index (χ4n) is 1.28. The first kappa shape index (κ1) is 14.2. The molecule has 1 heterocycles. The molecule has 1 aliphatic heterocycles. The Labute approximate surface area is 98.1 Å². The molecule has 1 saturated heterocycles. The van der Waals surface area contributed by atoms with Crippen molar-refractivity contribution in [2.75, 3.05) is 19.6 Å². The molecular formula is C10H17F3N2O2. The largest absolute Gasteiger partial charge is 0.405 e. The molecule has 100 valence electrons. The van der Waals surface area contributed by atoms with Crippen molar-refractivity contribution < 1.29 is 22.8 Å². The first-order chi connectivity index (χ1) is 7.60. The summed E-state index contributed by atoms with van der Waals surface area (Å²) in [4.78, 5) is 16.5. The van der Waals surface area contributed by atoms with Crippen LogP contribution < -0.4 is 5.32 Å². The molecule has 1 aliphatic rings. The SMILES string of the molecule is CC(C)(C)C(=O)ON1CCNC(C(F)(F)F)C1. The summed E-state index contributed by atoms with van der Waals surface area (Å²) >= 11 is 0. The highest BCUT2D eigenvalue weighted by Crippen LogP contribution is 2.23. The highest BCUT2D eigenvalue weighted by Gasteiger charge is 2.43. The summed E-state index contributed by atoms with van der Waals surface area (Å²) in [5.41, 5.74) is -0.724. The highest BCUT2D eigenvalue weighted by molar-refractivity contribution is 5.75. The quantitative estimate of drug-likeness (QED) is 0.766. The van der Waals surface area contributed by atoms with Gasteiger partial charge in [0.15, 0.2) is 0 Å². The van der Waals surface area contributed by atoms with E-state index in [2.05, 4.69) is 5.32 Å². The average molecular weight is 254 g/mol. The van der Waals surface area contributed by atoms with Gasteiger partial charge in [0, 0.05) is 13.1 Å². The Morgan fingerprint density at radius 2 is 1.94 bits per heavy atom. The van der Waals surface area contributed by atoms with Crippen molar-refractivity contribution in [3.63, 3.8) is 0 Å². The molecule has 17 heavy (non-hydrogen) atoms. The minimum atomic E-state index is -4.33. The van der Waals surface area contributed by atoms with E-state index in [4.69, 9.17) is 4.84 Å². The summed E-state index contributed by atoms with van der Waals surface area (Å²) in [6, 6.07) is -1.65. The zero-order chi connectivity index (χ0) is 13.3. The lowest BCUT2D eigenvalue weighted by molar-refractivity contribution is -0.226. The minimum absolute atomic E-state index is 0.140. The highest BCUT2D eigenvalue weighted by atomic mass is 19.4. The maximum absolute atomic E-state index is 12.5. The fraction of sp³-hybridized carbons (Fsp3) is 0.900. The van der Waals surface area contributed by atoms with Gasteiger partial charge in [0.25, 0.3) is 0 Å². The molecule has 0 aromatic heterocycles. The molecule has 7 heteroatoms. The molecule has 0 bridgehead atoms. The molecule has 1 rings (SSSR count). The number of alkyl halides is 3. The maximum atomic E-state index is 12.5. The molecule has 0 amide bonds. The van der Waals surface area contributed by atoms with Gasteiger partial charge in [-0.1, -0.05) is 0 Å². The number of hydrogen-bond acceptors (Lipinski definition) is 4. The third kappa shape index (κ3) is 4.16. The van der Waals surface area contributed by atoms with Gasteiger partial charge in [-0.2, -0.15) is 13.2 Å². The Bertz CT molecular complexity index is 286. The maximum Gasteiger partial charge on any atom is 0.405 e. The lowest BCUT2D eigenvalue weighted by Gasteiger charge is -2.34. The van der Waals surface area contributed by atoms with Gasteiger partial charge < -0.3 is 10.2 Å². The molecule has 0 aliphatic carbocycles. The fourth-order valence-corrected chi connectivity index (χ4v) is 1.28. The van der Waals surface area contributed by atoms with Gasteiger partial charge in [-0.3, -0.25) is 0 Å². The van der Waals surface area contributed by atoms with Crippen LogP contribution in [0, 0.1) is 5.41 Å². The lowest BCUT2D eigenvalue weighted by atomic mass is 9.98. The Balaban J connectivity index is 2.54. The van der Waals surface area contributed by atoms with Crippen LogP contribution in [0.5, 0.6) is 0 Å². The Morgan fingerprint density at radius 1 is 1.35 bits per heavy atom. The van der Waals surface area contributed by atoms with E-state index in [9.17, 15) is 18.0 Å². The number of rotatable bonds is 1. The molecule has 1 unspecified atom stereocenters. The normalized spacial score (nSPS) is 23.5. The van der Waals surface area contributed by atoms with E-state index < -0.39 is 23.6 Å². The second-order valence-corrected chi connectivity index (χ2v) is 5.07. The molecule has 0 spiro atoms. The van der Waals surface area contributed by atoms with Gasteiger partial charge in [-0.15, -0.1) is 5.06 Å². The number of piperazine rings is 1. The Hall–Kier alpha value is -0.820. The molecule has 0 saturated carbocycles. The van der Waals surface area contributed by atoms with E-state index in [1.54, 1.807) is 20.8 Å². The zero-order valence-electron chi connectivity index (χ0n) is 10.1. The van der Waals surface area contributed by atoms with Gasteiger partial charge >= 0.3 is 12.1 Å². The van der Waals surface area contributed by atoms with Gasteiger partial charge in [0.2, 0.25) is 0 Å². The van der Waals surface area contributed by atoms with Gasteiger partial charge in [-0.25, -0.2) is 4.79 Å². The number of nitrogens with one attached hydrogen (secondary N) is 1. The van der Waals surface area contributed by atoms with Crippen LogP contribution in [-0.2, 0) is 9.63 Å². The van der Waals surface area contributed by atoms with E-state index in [-0.39, 0.29) is 19.6 Å². The van der Waals surface area contributed by atoms with Crippen molar-refractivity contribution in [3.8, 4) is 0 Å². The topological polar surface area (TPSA) is 41.6 Å². The lowest BCUT2D eigenvalue weighted by Crippen LogP contribution is -2.57. The number of hydroxylamine groups is 2. The van der Waals surface area contributed by atoms with Crippen molar-refractivity contribution in [1.29, 1.82) is 0 Å². The molecular weight excluding hydrogens is 237 g/mol. The summed E-state index contributed by atoms with van der Waals surface area (Å²) in [5, 5.41) is 3.41. The third-order valence-corrected chi connectivity index (χ3v) is 2.36. The van der Waals surface area contributed by atoms with Crippen LogP contribution in [0.1, 0.15) is 20.8 Å². The first-order valence-corrected chi connectivity index (χ1v) is 5.38. The molecule has 0 radical (unpaired) electrons. The van der Waals surface area contributed by atoms with Crippen molar-refractivity contribution in [2.24, 2.45) is 5.41 Å². The van der Waals surface area contributed by atoms with E-state index in [0.717, 1.165) is 5.06 Å². The molecule has 1 atom stereocenters. The summed E-state index contributed by atoms with van der Waals surface area (Å²) in [6.07, 6.45) is -4.33. The minimum Gasteiger partial charge on any atom is -0.367 e. The second-order valence-electron chi connectivity index (χ2n) is 5.07. The predicted octanol–water partition coefficient (Wildman–Crippen LogP) is 1.33. The summed E-state index contributed by atoms with van der Waals surface area (Å²) < 4.78 is 37.4. The third-order valence-electron chi connectivity index (χ3n) is 2.36. The number of nitrogens with zero attached hydrogens (tertiary/aromatic N) is 1. The number of carbonyl (C=O) groups is 1. The van der Waals surface area contributed by atoms with E-state index in [1.807, 2.05) is 0 Å². The van der Waals surface area contributed by atoms with Gasteiger partial charge in [0.05, 0.1) is 12.0 Å². The monoisotopic (exact) mass is 254 g/mol. The molecule has 0 aromatic rings. The number of carbonyl (C=O) groups excluding carboxylic acids is 1. The van der Waals surface area contributed by atoms with Gasteiger partial charge in [-0.05, 0) is 20.8 Å². The number of hydrogen-bond donors (Lipinski definition) is 1. The zero-order valence-corrected chi connectivity index (χ0v) is 10.1. The standard InChI is InChI=1S/C10H17F3N2O2/c1-9(2,3)8(16)17-15-5-4-14-7(6-15)10(11,12)13/h7,14H,4-6H2,1-3H3. The Kier molecular flexibility index (Phi) is 4.03. The van der Waals surface area contributed by atoms with Gasteiger partial charge in [0.1, 0.15) is 6.04 Å². The molecule has 0 aromatic carbocycles. The van der Waals surface area contributed by atoms with Crippen molar-refractivity contribution in [1.82, 2.24) is 10.4 Å². The van der Waals surface area contributed by atoms with E-state index >= 15 is 0 Å².